The zero-order valence-corrected chi connectivity index (χ0v) is 12.3. The van der Waals surface area contributed by atoms with Gasteiger partial charge in [-0.15, -0.1) is 0 Å². The van der Waals surface area contributed by atoms with Crippen molar-refractivity contribution in [3.63, 3.8) is 0 Å². The summed E-state index contributed by atoms with van der Waals surface area (Å²) in [4.78, 5) is 12.2. The summed E-state index contributed by atoms with van der Waals surface area (Å²) in [6.07, 6.45) is 2.18. The van der Waals surface area contributed by atoms with Crippen LogP contribution in [0.15, 0.2) is 34.9 Å². The zero-order chi connectivity index (χ0) is 14.8. The number of ether oxygens (including phenoxy) is 1. The van der Waals surface area contributed by atoms with Gasteiger partial charge in [-0.1, -0.05) is 25.1 Å². The van der Waals surface area contributed by atoms with Crippen molar-refractivity contribution < 1.29 is 17.9 Å². The topological polar surface area (TPSA) is 63.7 Å². The maximum atomic E-state index is 12.6. The van der Waals surface area contributed by atoms with Crippen LogP contribution in [0.1, 0.15) is 25.8 Å². The Balaban J connectivity index is 2.59. The monoisotopic (exact) mass is 295 g/mol. The molecule has 1 aliphatic rings. The third-order valence-corrected chi connectivity index (χ3v) is 4.85. The molecule has 0 N–H and O–H groups in total. The summed E-state index contributed by atoms with van der Waals surface area (Å²) in [7, 11) is -3.69. The molecule has 2 rings (SSSR count). The molecule has 0 spiro atoms. The highest BCUT2D eigenvalue weighted by Gasteiger charge is 2.35. The van der Waals surface area contributed by atoms with Crippen LogP contribution in [0.3, 0.4) is 0 Å². The van der Waals surface area contributed by atoms with Crippen molar-refractivity contribution in [2.24, 2.45) is 0 Å². The third kappa shape index (κ3) is 2.43. The number of carbonyl (C=O) groups is 1. The van der Waals surface area contributed by atoms with Crippen LogP contribution in [0.4, 0.5) is 0 Å². The minimum atomic E-state index is -3.69. The quantitative estimate of drug-likeness (QED) is 0.797. The predicted octanol–water partition coefficient (Wildman–Crippen LogP) is 2.00. The summed E-state index contributed by atoms with van der Waals surface area (Å²) in [5, 5.41) is 0. The Morgan fingerprint density at radius 3 is 2.60 bits per heavy atom. The number of sulfonamides is 1. The van der Waals surface area contributed by atoms with Crippen LogP contribution in [0.2, 0.25) is 0 Å². The van der Waals surface area contributed by atoms with E-state index in [1.165, 1.54) is 0 Å². The first kappa shape index (κ1) is 14.6. The molecule has 20 heavy (non-hydrogen) atoms. The molecule has 0 amide bonds. The Morgan fingerprint density at radius 2 is 1.95 bits per heavy atom. The van der Waals surface area contributed by atoms with Crippen LogP contribution in [-0.2, 0) is 19.6 Å². The molecular formula is C14H17NO4S. The van der Waals surface area contributed by atoms with E-state index >= 15 is 0 Å². The molecule has 0 bridgehead atoms. The van der Waals surface area contributed by atoms with Gasteiger partial charge in [0, 0.05) is 6.54 Å². The van der Waals surface area contributed by atoms with E-state index in [-0.39, 0.29) is 23.7 Å². The lowest BCUT2D eigenvalue weighted by Gasteiger charge is -2.29. The van der Waals surface area contributed by atoms with Crippen molar-refractivity contribution >= 4 is 22.1 Å². The minimum absolute atomic E-state index is 0.0763. The summed E-state index contributed by atoms with van der Waals surface area (Å²) in [6, 6.07) is 6.63. The fourth-order valence-corrected chi connectivity index (χ4v) is 3.83. The van der Waals surface area contributed by atoms with Gasteiger partial charge in [-0.3, -0.25) is 4.31 Å². The maximum Gasteiger partial charge on any atom is 0.355 e. The molecule has 108 valence electrons. The van der Waals surface area contributed by atoms with E-state index in [1.54, 1.807) is 37.3 Å². The van der Waals surface area contributed by atoms with Crippen molar-refractivity contribution in [3.8, 4) is 0 Å². The number of fused-ring (bicyclic) bond motifs is 1. The highest BCUT2D eigenvalue weighted by atomic mass is 32.2. The SMILES string of the molecule is CCCN1C(C(=O)OCC)=Cc2ccccc2S1(=O)=O. The fraction of sp³-hybridized carbons (Fsp3) is 0.357. The van der Waals surface area contributed by atoms with Crippen molar-refractivity contribution in [2.45, 2.75) is 25.2 Å². The molecule has 1 heterocycles. The molecule has 0 saturated heterocycles. The van der Waals surface area contributed by atoms with Gasteiger partial charge in [-0.05, 0) is 31.1 Å². The molecule has 0 radical (unpaired) electrons. The predicted molar refractivity (Wildman–Crippen MR) is 75.2 cm³/mol. The van der Waals surface area contributed by atoms with Gasteiger partial charge in [0.05, 0.1) is 11.5 Å². The van der Waals surface area contributed by atoms with Crippen LogP contribution < -0.4 is 0 Å². The largest absolute Gasteiger partial charge is 0.461 e. The molecule has 1 aromatic carbocycles. The molecule has 1 aromatic rings. The lowest BCUT2D eigenvalue weighted by molar-refractivity contribution is -0.139. The van der Waals surface area contributed by atoms with E-state index in [9.17, 15) is 13.2 Å². The van der Waals surface area contributed by atoms with Gasteiger partial charge in [0.15, 0.2) is 0 Å². The van der Waals surface area contributed by atoms with Crippen molar-refractivity contribution in [3.05, 3.63) is 35.5 Å². The Morgan fingerprint density at radius 1 is 1.25 bits per heavy atom. The third-order valence-electron chi connectivity index (χ3n) is 2.96. The molecule has 0 saturated carbocycles. The molecule has 0 fully saturated rings. The number of esters is 1. The van der Waals surface area contributed by atoms with E-state index < -0.39 is 16.0 Å². The normalized spacial score (nSPS) is 16.3. The van der Waals surface area contributed by atoms with E-state index in [0.29, 0.717) is 12.0 Å². The van der Waals surface area contributed by atoms with E-state index in [4.69, 9.17) is 4.74 Å². The summed E-state index contributed by atoms with van der Waals surface area (Å²) in [5.41, 5.74) is 0.593. The van der Waals surface area contributed by atoms with Gasteiger partial charge in [-0.2, -0.15) is 0 Å². The van der Waals surface area contributed by atoms with Crippen molar-refractivity contribution in [1.82, 2.24) is 4.31 Å². The highest BCUT2D eigenvalue weighted by Crippen LogP contribution is 2.31. The summed E-state index contributed by atoms with van der Waals surface area (Å²) in [5.74, 6) is -0.612. The molecule has 5 nitrogen and oxygen atoms in total. The second kappa shape index (κ2) is 5.66. The average Bonchev–Trinajstić information content (AvgIpc) is 2.42. The van der Waals surface area contributed by atoms with Gasteiger partial charge in [0.1, 0.15) is 5.70 Å². The Labute approximate surface area is 118 Å². The van der Waals surface area contributed by atoms with Gasteiger partial charge >= 0.3 is 5.97 Å². The first-order chi connectivity index (χ1) is 9.52. The molecule has 6 heteroatoms. The van der Waals surface area contributed by atoms with Crippen LogP contribution in [0.5, 0.6) is 0 Å². The van der Waals surface area contributed by atoms with Crippen LogP contribution in [-0.4, -0.2) is 31.8 Å². The Bertz CT molecular complexity index is 649. The molecular weight excluding hydrogens is 278 g/mol. The maximum absolute atomic E-state index is 12.6. The summed E-state index contributed by atoms with van der Waals surface area (Å²) in [6.45, 7) is 4.01. The molecule has 1 aliphatic heterocycles. The molecule has 0 aromatic heterocycles. The highest BCUT2D eigenvalue weighted by molar-refractivity contribution is 7.89. The molecule has 0 aliphatic carbocycles. The lowest BCUT2D eigenvalue weighted by Crippen LogP contribution is -2.37. The standard InChI is InChI=1S/C14H17NO4S/c1-3-9-15-12(14(16)19-4-2)10-11-7-5-6-8-13(11)20(15,17)18/h5-8,10H,3-4,9H2,1-2H3. The fourth-order valence-electron chi connectivity index (χ4n) is 2.11. The first-order valence-corrected chi connectivity index (χ1v) is 7.97. The number of carbonyl (C=O) groups excluding carboxylic acids is 1. The van der Waals surface area contributed by atoms with Crippen molar-refractivity contribution in [2.75, 3.05) is 13.2 Å². The minimum Gasteiger partial charge on any atom is -0.461 e. The van der Waals surface area contributed by atoms with E-state index in [2.05, 4.69) is 0 Å². The van der Waals surface area contributed by atoms with Gasteiger partial charge in [-0.25, -0.2) is 13.2 Å². The number of nitrogens with zero attached hydrogens (tertiary/aromatic N) is 1. The second-order valence-corrected chi connectivity index (χ2v) is 6.20. The van der Waals surface area contributed by atoms with E-state index in [1.807, 2.05) is 6.92 Å². The van der Waals surface area contributed by atoms with E-state index in [0.717, 1.165) is 4.31 Å². The lowest BCUT2D eigenvalue weighted by atomic mass is 10.2. The zero-order valence-electron chi connectivity index (χ0n) is 11.5. The van der Waals surface area contributed by atoms with Gasteiger partial charge in [0.25, 0.3) is 10.0 Å². The summed E-state index contributed by atoms with van der Waals surface area (Å²) < 4.78 is 31.3. The van der Waals surface area contributed by atoms with Gasteiger partial charge in [0.2, 0.25) is 0 Å². The molecule has 0 unspecified atom stereocenters. The molecule has 0 atom stereocenters. The smallest absolute Gasteiger partial charge is 0.355 e. The van der Waals surface area contributed by atoms with Crippen molar-refractivity contribution in [1.29, 1.82) is 0 Å². The summed E-state index contributed by atoms with van der Waals surface area (Å²) >= 11 is 0. The van der Waals surface area contributed by atoms with Crippen LogP contribution in [0, 0.1) is 0 Å². The van der Waals surface area contributed by atoms with Gasteiger partial charge < -0.3 is 4.74 Å². The number of hydrogen-bond donors (Lipinski definition) is 0. The number of benzene rings is 1. The second-order valence-electron chi connectivity index (χ2n) is 4.37. The average molecular weight is 295 g/mol. The van der Waals surface area contributed by atoms with Crippen LogP contribution in [0.25, 0.3) is 6.08 Å². The number of hydrogen-bond acceptors (Lipinski definition) is 4. The Hall–Kier alpha value is -1.82. The Kier molecular flexibility index (Phi) is 4.13. The first-order valence-electron chi connectivity index (χ1n) is 6.53. The van der Waals surface area contributed by atoms with Crippen LogP contribution >= 0.6 is 0 Å². The number of rotatable bonds is 4.